The van der Waals surface area contributed by atoms with E-state index in [4.69, 9.17) is 23.2 Å². The highest BCUT2D eigenvalue weighted by Crippen LogP contribution is 2.37. The minimum atomic E-state index is 0.0209. The maximum Gasteiger partial charge on any atom is 0.265 e. The molecule has 0 aliphatic carbocycles. The summed E-state index contributed by atoms with van der Waals surface area (Å²) < 4.78 is 0.953. The second-order valence-corrected chi connectivity index (χ2v) is 8.81. The maximum absolute atomic E-state index is 13.0. The van der Waals surface area contributed by atoms with Crippen LogP contribution in [0.2, 0.25) is 10.0 Å². The predicted molar refractivity (Wildman–Crippen MR) is 114 cm³/mol. The fourth-order valence-corrected chi connectivity index (χ4v) is 5.25. The Labute approximate surface area is 173 Å². The van der Waals surface area contributed by atoms with E-state index in [0.717, 1.165) is 42.8 Å². The van der Waals surface area contributed by atoms with E-state index >= 15 is 0 Å². The fourth-order valence-electron chi connectivity index (χ4n) is 3.50. The Balaban J connectivity index is 1.43. The fraction of sp³-hybridized carbons (Fsp3) is 0.286. The summed E-state index contributed by atoms with van der Waals surface area (Å²) in [7, 11) is 0. The Morgan fingerprint density at radius 2 is 1.85 bits per heavy atom. The van der Waals surface area contributed by atoms with Crippen molar-refractivity contribution in [3.05, 3.63) is 68.5 Å². The molecule has 4 rings (SSSR count). The van der Waals surface area contributed by atoms with E-state index in [0.29, 0.717) is 14.9 Å². The zero-order valence-corrected chi connectivity index (χ0v) is 17.4. The normalized spacial score (nSPS) is 15.4. The highest BCUT2D eigenvalue weighted by atomic mass is 35.5. The molecule has 0 radical (unpaired) electrons. The molecule has 1 saturated heterocycles. The highest BCUT2D eigenvalue weighted by Gasteiger charge is 2.26. The van der Waals surface area contributed by atoms with Crippen molar-refractivity contribution in [1.29, 1.82) is 0 Å². The number of hydrogen-bond donors (Lipinski definition) is 0. The minimum Gasteiger partial charge on any atom is -0.335 e. The van der Waals surface area contributed by atoms with Crippen molar-refractivity contribution < 1.29 is 4.79 Å². The van der Waals surface area contributed by atoms with Crippen LogP contribution in [0.25, 0.3) is 10.1 Å². The highest BCUT2D eigenvalue weighted by molar-refractivity contribution is 7.21. The van der Waals surface area contributed by atoms with Crippen LogP contribution in [0.5, 0.6) is 0 Å². The van der Waals surface area contributed by atoms with Gasteiger partial charge in [-0.3, -0.25) is 9.69 Å². The molecule has 1 fully saturated rings. The van der Waals surface area contributed by atoms with Gasteiger partial charge in [0.25, 0.3) is 5.91 Å². The van der Waals surface area contributed by atoms with Gasteiger partial charge in [0, 0.05) is 47.8 Å². The molecule has 1 amide bonds. The van der Waals surface area contributed by atoms with E-state index in [1.807, 2.05) is 17.0 Å². The number of halogens is 2. The second kappa shape index (κ2) is 7.80. The van der Waals surface area contributed by atoms with Crippen LogP contribution in [0.3, 0.4) is 0 Å². The quantitative estimate of drug-likeness (QED) is 0.562. The first-order valence-corrected chi connectivity index (χ1v) is 10.5. The summed E-state index contributed by atoms with van der Waals surface area (Å²) >= 11 is 14.0. The lowest BCUT2D eigenvalue weighted by molar-refractivity contribution is 0.0633. The lowest BCUT2D eigenvalue weighted by atomic mass is 10.1. The van der Waals surface area contributed by atoms with Crippen LogP contribution >= 0.6 is 34.5 Å². The SMILES string of the molecule is Cc1cccc(CN2CCN(C(=O)c3sc4cc(Cl)ccc4c3Cl)CC2)c1. The van der Waals surface area contributed by atoms with E-state index in [9.17, 15) is 4.79 Å². The van der Waals surface area contributed by atoms with Crippen LogP contribution in [0.4, 0.5) is 0 Å². The Morgan fingerprint density at radius 3 is 2.59 bits per heavy atom. The molecule has 6 heteroatoms. The molecule has 1 aliphatic heterocycles. The Morgan fingerprint density at radius 1 is 1.07 bits per heavy atom. The van der Waals surface area contributed by atoms with Gasteiger partial charge < -0.3 is 4.90 Å². The maximum atomic E-state index is 13.0. The number of fused-ring (bicyclic) bond motifs is 1. The summed E-state index contributed by atoms with van der Waals surface area (Å²) in [5.41, 5.74) is 2.60. The second-order valence-electron chi connectivity index (χ2n) is 6.94. The molecule has 27 heavy (non-hydrogen) atoms. The molecule has 3 aromatic rings. The molecule has 3 nitrogen and oxygen atoms in total. The summed E-state index contributed by atoms with van der Waals surface area (Å²) in [6.07, 6.45) is 0. The minimum absolute atomic E-state index is 0.0209. The molecular formula is C21H20Cl2N2OS. The summed E-state index contributed by atoms with van der Waals surface area (Å²) in [4.78, 5) is 17.9. The molecule has 2 aromatic carbocycles. The van der Waals surface area contributed by atoms with Crippen LogP contribution in [0.1, 0.15) is 20.8 Å². The van der Waals surface area contributed by atoms with Gasteiger partial charge in [0.1, 0.15) is 4.88 Å². The van der Waals surface area contributed by atoms with Gasteiger partial charge in [-0.25, -0.2) is 0 Å². The van der Waals surface area contributed by atoms with Gasteiger partial charge in [-0.2, -0.15) is 0 Å². The van der Waals surface area contributed by atoms with Gasteiger partial charge in [0.2, 0.25) is 0 Å². The lowest BCUT2D eigenvalue weighted by Crippen LogP contribution is -2.48. The Bertz CT molecular complexity index is 993. The number of nitrogens with zero attached hydrogens (tertiary/aromatic N) is 2. The van der Waals surface area contributed by atoms with Crippen LogP contribution < -0.4 is 0 Å². The topological polar surface area (TPSA) is 23.6 Å². The third-order valence-electron chi connectivity index (χ3n) is 4.93. The summed E-state index contributed by atoms with van der Waals surface area (Å²) in [6.45, 7) is 6.21. The number of hydrogen-bond acceptors (Lipinski definition) is 3. The summed E-state index contributed by atoms with van der Waals surface area (Å²) in [6, 6.07) is 14.1. The van der Waals surface area contributed by atoms with E-state index in [1.165, 1.54) is 22.5 Å². The van der Waals surface area contributed by atoms with Gasteiger partial charge >= 0.3 is 0 Å². The number of rotatable bonds is 3. The molecule has 0 spiro atoms. The van der Waals surface area contributed by atoms with E-state index in [1.54, 1.807) is 6.07 Å². The molecule has 0 atom stereocenters. The third-order valence-corrected chi connectivity index (χ3v) is 6.81. The van der Waals surface area contributed by atoms with E-state index in [-0.39, 0.29) is 5.91 Å². The van der Waals surface area contributed by atoms with E-state index < -0.39 is 0 Å². The Kier molecular flexibility index (Phi) is 5.42. The van der Waals surface area contributed by atoms with Crippen molar-refractivity contribution in [2.24, 2.45) is 0 Å². The monoisotopic (exact) mass is 418 g/mol. The van der Waals surface area contributed by atoms with Crippen LogP contribution in [-0.4, -0.2) is 41.9 Å². The summed E-state index contributed by atoms with van der Waals surface area (Å²) in [5, 5.41) is 2.09. The molecule has 0 saturated carbocycles. The van der Waals surface area contributed by atoms with Gasteiger partial charge in [-0.15, -0.1) is 11.3 Å². The van der Waals surface area contributed by atoms with Crippen LogP contribution in [0, 0.1) is 6.92 Å². The number of carbonyl (C=O) groups excluding carboxylic acids is 1. The lowest BCUT2D eigenvalue weighted by Gasteiger charge is -2.34. The van der Waals surface area contributed by atoms with Gasteiger partial charge in [-0.1, -0.05) is 59.1 Å². The standard InChI is InChI=1S/C21H20Cl2N2OS/c1-14-3-2-4-15(11-14)13-24-7-9-25(10-8-24)21(26)20-19(23)17-6-5-16(22)12-18(17)27-20/h2-6,11-12H,7-10,13H2,1H3. The first-order chi connectivity index (χ1) is 13.0. The first-order valence-electron chi connectivity index (χ1n) is 8.96. The molecular weight excluding hydrogens is 399 g/mol. The molecule has 1 aromatic heterocycles. The van der Waals surface area contributed by atoms with Crippen LogP contribution in [-0.2, 0) is 6.54 Å². The van der Waals surface area contributed by atoms with Gasteiger partial charge in [0.05, 0.1) is 5.02 Å². The average Bonchev–Trinajstić information content (AvgIpc) is 2.97. The van der Waals surface area contributed by atoms with Crippen molar-refractivity contribution >= 4 is 50.5 Å². The van der Waals surface area contributed by atoms with Crippen molar-refractivity contribution in [1.82, 2.24) is 9.80 Å². The Hall–Kier alpha value is -1.59. The number of carbonyl (C=O) groups is 1. The number of amides is 1. The van der Waals surface area contributed by atoms with Gasteiger partial charge in [-0.05, 0) is 24.6 Å². The molecule has 1 aliphatic rings. The molecule has 140 valence electrons. The average molecular weight is 419 g/mol. The van der Waals surface area contributed by atoms with Crippen LogP contribution in [0.15, 0.2) is 42.5 Å². The third kappa shape index (κ3) is 3.99. The number of thiophene rings is 1. The van der Waals surface area contributed by atoms with E-state index in [2.05, 4.69) is 36.1 Å². The van der Waals surface area contributed by atoms with Crippen molar-refractivity contribution in [3.8, 4) is 0 Å². The number of piperazine rings is 1. The van der Waals surface area contributed by atoms with Crippen molar-refractivity contribution in [2.45, 2.75) is 13.5 Å². The van der Waals surface area contributed by atoms with Crippen molar-refractivity contribution in [2.75, 3.05) is 26.2 Å². The molecule has 2 heterocycles. The molecule has 0 unspecified atom stereocenters. The zero-order chi connectivity index (χ0) is 19.0. The number of benzene rings is 2. The number of aryl methyl sites for hydroxylation is 1. The molecule has 0 N–H and O–H groups in total. The van der Waals surface area contributed by atoms with Crippen molar-refractivity contribution in [3.63, 3.8) is 0 Å². The molecule has 0 bridgehead atoms. The first kappa shape index (κ1) is 18.8. The van der Waals surface area contributed by atoms with Gasteiger partial charge in [0.15, 0.2) is 0 Å². The smallest absolute Gasteiger partial charge is 0.265 e. The summed E-state index contributed by atoms with van der Waals surface area (Å²) in [5.74, 6) is 0.0209. The predicted octanol–water partition coefficient (Wildman–Crippen LogP) is 5.47. The zero-order valence-electron chi connectivity index (χ0n) is 15.0. The largest absolute Gasteiger partial charge is 0.335 e.